The predicted molar refractivity (Wildman–Crippen MR) is 279 cm³/mol. The highest BCUT2D eigenvalue weighted by atomic mass is 28.3. The molecule has 3 heterocycles. The van der Waals surface area contributed by atoms with Crippen molar-refractivity contribution >= 4 is 91.1 Å². The highest BCUT2D eigenvalue weighted by Gasteiger charge is 2.44. The van der Waals surface area contributed by atoms with Crippen molar-refractivity contribution in [1.82, 2.24) is 4.57 Å². The Kier molecular flexibility index (Phi) is 8.65. The highest BCUT2D eigenvalue weighted by Crippen LogP contribution is 2.45. The number of hydrogen-bond acceptors (Lipinski definition) is 2. The topological polar surface area (TPSA) is 20.2 Å². The van der Waals surface area contributed by atoms with E-state index in [2.05, 4.69) is 263 Å². The third-order valence-corrected chi connectivity index (χ3v) is 18.7. The SMILES string of the molecule is c1ccc(N2B3c4ccc(-c5cccc([Si](c6ccccc6)(c6ccccc6)c6ccccc6)c5)cc4Nc4cc(-n5c6ccccc6c6ccccc65)cc(c43)-c3ccccc32)cc1. The fourth-order valence-corrected chi connectivity index (χ4v) is 16.0. The average molecular weight is 844 g/mol. The Hall–Kier alpha value is -8.12. The van der Waals surface area contributed by atoms with Crippen LogP contribution < -0.4 is 41.8 Å². The van der Waals surface area contributed by atoms with Gasteiger partial charge in [0.05, 0.1) is 11.0 Å². The van der Waals surface area contributed by atoms with Crippen LogP contribution in [-0.4, -0.2) is 19.5 Å². The first-order valence-electron chi connectivity index (χ1n) is 22.5. The van der Waals surface area contributed by atoms with Gasteiger partial charge in [-0.15, -0.1) is 0 Å². The molecule has 0 fully saturated rings. The Morgan fingerprint density at radius 1 is 0.369 bits per heavy atom. The first-order valence-corrected chi connectivity index (χ1v) is 24.5. The number of aromatic nitrogens is 1. The van der Waals surface area contributed by atoms with Gasteiger partial charge < -0.3 is 14.7 Å². The molecule has 0 saturated heterocycles. The molecule has 0 bridgehead atoms. The normalized spacial score (nSPS) is 12.7. The van der Waals surface area contributed by atoms with E-state index in [-0.39, 0.29) is 6.85 Å². The molecule has 0 saturated carbocycles. The summed E-state index contributed by atoms with van der Waals surface area (Å²) < 4.78 is 2.45. The van der Waals surface area contributed by atoms with Crippen molar-refractivity contribution in [3.05, 3.63) is 249 Å². The fourth-order valence-electron chi connectivity index (χ4n) is 11.2. The molecule has 0 atom stereocenters. The van der Waals surface area contributed by atoms with Crippen molar-refractivity contribution in [2.45, 2.75) is 0 Å². The molecule has 10 aromatic carbocycles. The molecule has 13 rings (SSSR count). The first-order chi connectivity index (χ1) is 32.3. The molecule has 2 aliphatic heterocycles. The Balaban J connectivity index is 1.02. The average Bonchev–Trinajstić information content (AvgIpc) is 3.72. The lowest BCUT2D eigenvalue weighted by Gasteiger charge is -2.43. The zero-order chi connectivity index (χ0) is 42.9. The molecule has 0 aliphatic carbocycles. The summed E-state index contributed by atoms with van der Waals surface area (Å²) in [6.07, 6.45) is 0. The molecule has 304 valence electrons. The number of nitrogens with zero attached hydrogens (tertiary/aromatic N) is 2. The van der Waals surface area contributed by atoms with Crippen LogP contribution in [0.2, 0.25) is 0 Å². The molecule has 1 aromatic heterocycles. The standard InChI is InChI=1S/C60H42BN3Si/c1-5-21-44(22-6-1)64-59-35-18-15-32-52(59)53-40-45(63-57-33-16-13-30-50(57)51-31-14-17-34-58(51)63)41-56-60(53)61(64)54-37-36-43(39-55(54)62-56)42-20-19-29-49(38-42)65(46-23-7-2-8-24-46,47-25-9-3-10-26-47)48-27-11-4-12-28-48/h1-41,62H. The summed E-state index contributed by atoms with van der Waals surface area (Å²) in [6, 6.07) is 92.4. The van der Waals surface area contributed by atoms with Gasteiger partial charge in [-0.25, -0.2) is 0 Å². The number of para-hydroxylation sites is 4. The Morgan fingerprint density at radius 3 is 1.55 bits per heavy atom. The van der Waals surface area contributed by atoms with Gasteiger partial charge in [-0.05, 0) is 96.9 Å². The van der Waals surface area contributed by atoms with Crippen molar-refractivity contribution in [3.8, 4) is 27.9 Å². The van der Waals surface area contributed by atoms with Crippen LogP contribution in [0.4, 0.5) is 22.7 Å². The van der Waals surface area contributed by atoms with Gasteiger partial charge in [0.1, 0.15) is 0 Å². The van der Waals surface area contributed by atoms with Gasteiger partial charge in [0, 0.05) is 44.8 Å². The van der Waals surface area contributed by atoms with Crippen molar-refractivity contribution in [2.24, 2.45) is 0 Å². The molecule has 65 heavy (non-hydrogen) atoms. The fraction of sp³-hybridized carbons (Fsp3) is 0. The molecule has 0 spiro atoms. The van der Waals surface area contributed by atoms with E-state index in [4.69, 9.17) is 0 Å². The van der Waals surface area contributed by atoms with E-state index in [1.165, 1.54) is 87.1 Å². The van der Waals surface area contributed by atoms with E-state index >= 15 is 0 Å². The summed E-state index contributed by atoms with van der Waals surface area (Å²) in [6.45, 7) is -0.0598. The van der Waals surface area contributed by atoms with Crippen LogP contribution in [0, 0.1) is 0 Å². The Labute approximate surface area is 380 Å². The molecular weight excluding hydrogens is 802 g/mol. The van der Waals surface area contributed by atoms with Crippen LogP contribution in [0.1, 0.15) is 0 Å². The number of fused-ring (bicyclic) bond motifs is 7. The number of hydrogen-bond donors (Lipinski definition) is 1. The minimum atomic E-state index is -2.73. The van der Waals surface area contributed by atoms with E-state index < -0.39 is 8.07 Å². The van der Waals surface area contributed by atoms with E-state index in [0.29, 0.717) is 0 Å². The lowest BCUT2D eigenvalue weighted by molar-refractivity contribution is 1.18. The minimum absolute atomic E-state index is 0.0598. The largest absolute Gasteiger partial charge is 0.376 e. The van der Waals surface area contributed by atoms with E-state index in [9.17, 15) is 0 Å². The molecule has 0 amide bonds. The Morgan fingerprint density at radius 2 is 0.908 bits per heavy atom. The van der Waals surface area contributed by atoms with Gasteiger partial charge in [-0.2, -0.15) is 0 Å². The zero-order valence-electron chi connectivity index (χ0n) is 35.6. The maximum atomic E-state index is 4.08. The quantitative estimate of drug-likeness (QED) is 0.127. The molecule has 3 nitrogen and oxygen atoms in total. The van der Waals surface area contributed by atoms with Crippen molar-refractivity contribution in [1.29, 1.82) is 0 Å². The van der Waals surface area contributed by atoms with Gasteiger partial charge in [0.2, 0.25) is 0 Å². The summed E-state index contributed by atoms with van der Waals surface area (Å²) in [5.41, 5.74) is 15.6. The second kappa shape index (κ2) is 15.0. The van der Waals surface area contributed by atoms with Crippen LogP contribution >= 0.6 is 0 Å². The van der Waals surface area contributed by atoms with Crippen LogP contribution in [0.15, 0.2) is 249 Å². The smallest absolute Gasteiger partial charge is 0.333 e. The lowest BCUT2D eigenvalue weighted by Crippen LogP contribution is -2.74. The molecular formula is C60H42BN3Si. The third kappa shape index (κ3) is 5.76. The molecule has 1 N–H and O–H groups in total. The van der Waals surface area contributed by atoms with Gasteiger partial charge in [0.25, 0.3) is 0 Å². The molecule has 0 radical (unpaired) electrons. The predicted octanol–water partition coefficient (Wildman–Crippen LogP) is 10.8. The van der Waals surface area contributed by atoms with Crippen LogP contribution in [0.5, 0.6) is 0 Å². The van der Waals surface area contributed by atoms with Crippen molar-refractivity contribution in [2.75, 3.05) is 10.1 Å². The second-order valence-corrected chi connectivity index (χ2v) is 21.1. The van der Waals surface area contributed by atoms with E-state index in [1.807, 2.05) is 0 Å². The number of anilines is 4. The highest BCUT2D eigenvalue weighted by molar-refractivity contribution is 7.20. The number of nitrogens with one attached hydrogen (secondary N) is 1. The van der Waals surface area contributed by atoms with E-state index in [0.717, 1.165) is 17.1 Å². The maximum absolute atomic E-state index is 4.08. The summed E-state index contributed by atoms with van der Waals surface area (Å²) >= 11 is 0. The van der Waals surface area contributed by atoms with Crippen LogP contribution in [0.3, 0.4) is 0 Å². The molecule has 11 aromatic rings. The maximum Gasteiger partial charge on any atom is 0.333 e. The second-order valence-electron chi connectivity index (χ2n) is 17.3. The zero-order valence-corrected chi connectivity index (χ0v) is 36.6. The van der Waals surface area contributed by atoms with Crippen LogP contribution in [-0.2, 0) is 0 Å². The summed E-state index contributed by atoms with van der Waals surface area (Å²) in [4.78, 5) is 2.56. The molecule has 0 unspecified atom stereocenters. The monoisotopic (exact) mass is 843 g/mol. The first kappa shape index (κ1) is 37.4. The van der Waals surface area contributed by atoms with Gasteiger partial charge in [-0.1, -0.05) is 200 Å². The van der Waals surface area contributed by atoms with Crippen molar-refractivity contribution in [3.63, 3.8) is 0 Å². The van der Waals surface area contributed by atoms with Gasteiger partial charge in [0.15, 0.2) is 8.07 Å². The number of benzene rings is 10. The van der Waals surface area contributed by atoms with Gasteiger partial charge >= 0.3 is 6.85 Å². The summed E-state index contributed by atoms with van der Waals surface area (Å²) in [5.74, 6) is 0. The third-order valence-electron chi connectivity index (χ3n) is 13.9. The molecule has 5 heteroatoms. The summed E-state index contributed by atoms with van der Waals surface area (Å²) in [7, 11) is -2.73. The molecule has 2 aliphatic rings. The Bertz CT molecular complexity index is 3440. The lowest BCUT2D eigenvalue weighted by atomic mass is 9.43. The number of rotatable bonds is 7. The minimum Gasteiger partial charge on any atom is -0.376 e. The summed E-state index contributed by atoms with van der Waals surface area (Å²) in [5, 5.41) is 12.1. The van der Waals surface area contributed by atoms with Gasteiger partial charge in [-0.3, -0.25) is 0 Å². The van der Waals surface area contributed by atoms with Crippen molar-refractivity contribution < 1.29 is 0 Å². The van der Waals surface area contributed by atoms with Crippen LogP contribution in [0.25, 0.3) is 49.7 Å². The van der Waals surface area contributed by atoms with E-state index in [1.54, 1.807) is 0 Å².